The molecule has 1 heterocycles. The van der Waals surface area contributed by atoms with Crippen molar-refractivity contribution >= 4 is 28.2 Å². The van der Waals surface area contributed by atoms with Gasteiger partial charge in [0.25, 0.3) is 0 Å². The molecule has 1 aromatic rings. The molecule has 0 radical (unpaired) electrons. The van der Waals surface area contributed by atoms with Gasteiger partial charge in [0.2, 0.25) is 0 Å². The largest absolute Gasteiger partial charge is 0.291 e. The van der Waals surface area contributed by atoms with E-state index in [0.717, 1.165) is 0 Å². The fourth-order valence-electron chi connectivity index (χ4n) is 0.576. The van der Waals surface area contributed by atoms with Crippen LogP contribution in [0.2, 0.25) is 0 Å². The Morgan fingerprint density at radius 3 is 3.00 bits per heavy atom. The van der Waals surface area contributed by atoms with Crippen molar-refractivity contribution in [2.45, 2.75) is 0 Å². The maximum atomic E-state index is 11.1. The standard InChI is InChI=1S/C6H6N2OS2/c9-6(4-11-10)5-3-7-1-2-8-5/h1-3,10H,4H2. The summed E-state index contributed by atoms with van der Waals surface area (Å²) in [5.74, 6) is 0.292. The van der Waals surface area contributed by atoms with Crippen molar-refractivity contribution in [1.82, 2.24) is 9.97 Å². The number of hydrogen-bond donors (Lipinski definition) is 1. The number of aromatic nitrogens is 2. The first-order chi connectivity index (χ1) is 5.34. The molecule has 0 aliphatic carbocycles. The molecule has 0 saturated heterocycles. The summed E-state index contributed by atoms with van der Waals surface area (Å²) in [5, 5.41) is 0. The van der Waals surface area contributed by atoms with Crippen LogP contribution in [0.1, 0.15) is 10.5 Å². The Morgan fingerprint density at radius 2 is 2.45 bits per heavy atom. The fraction of sp³-hybridized carbons (Fsp3) is 0.167. The zero-order valence-corrected chi connectivity index (χ0v) is 7.31. The van der Waals surface area contributed by atoms with Gasteiger partial charge in [-0.05, 0) is 0 Å². The topological polar surface area (TPSA) is 42.9 Å². The Balaban J connectivity index is 2.69. The number of carbonyl (C=O) groups is 1. The zero-order valence-electron chi connectivity index (χ0n) is 5.60. The van der Waals surface area contributed by atoms with Crippen LogP contribution in [0, 0.1) is 0 Å². The molecule has 1 aromatic heterocycles. The van der Waals surface area contributed by atoms with Crippen molar-refractivity contribution < 1.29 is 4.79 Å². The highest BCUT2D eigenvalue weighted by Gasteiger charge is 2.04. The van der Waals surface area contributed by atoms with Gasteiger partial charge in [-0.15, -0.1) is 11.7 Å². The van der Waals surface area contributed by atoms with Gasteiger partial charge in [0.1, 0.15) is 5.69 Å². The van der Waals surface area contributed by atoms with E-state index in [2.05, 4.69) is 21.6 Å². The normalized spacial score (nSPS) is 9.55. The van der Waals surface area contributed by atoms with Gasteiger partial charge < -0.3 is 0 Å². The molecular formula is C6H6N2OS2. The second-order valence-corrected chi connectivity index (χ2v) is 3.11. The summed E-state index contributed by atoms with van der Waals surface area (Å²) >= 11 is 3.86. The van der Waals surface area contributed by atoms with Crippen LogP contribution >= 0.6 is 22.5 Å². The molecule has 0 aromatic carbocycles. The maximum Gasteiger partial charge on any atom is 0.193 e. The molecule has 0 atom stereocenters. The SMILES string of the molecule is O=C(CSS)c1cnccn1. The van der Waals surface area contributed by atoms with Crippen LogP contribution in [0.25, 0.3) is 0 Å². The van der Waals surface area contributed by atoms with E-state index in [-0.39, 0.29) is 5.78 Å². The first-order valence-corrected chi connectivity index (χ1v) is 4.94. The minimum absolute atomic E-state index is 0.0434. The van der Waals surface area contributed by atoms with Crippen molar-refractivity contribution in [3.05, 3.63) is 24.3 Å². The van der Waals surface area contributed by atoms with Gasteiger partial charge in [0, 0.05) is 12.4 Å². The molecule has 0 unspecified atom stereocenters. The van der Waals surface area contributed by atoms with Crippen LogP contribution in [0.5, 0.6) is 0 Å². The second-order valence-electron chi connectivity index (χ2n) is 1.79. The molecule has 3 nitrogen and oxygen atoms in total. The molecule has 0 aliphatic heterocycles. The summed E-state index contributed by atoms with van der Waals surface area (Å²) < 4.78 is 0. The fourth-order valence-corrected chi connectivity index (χ4v) is 1.19. The minimum atomic E-state index is -0.0434. The Bertz CT molecular complexity index is 240. The van der Waals surface area contributed by atoms with Crippen molar-refractivity contribution in [1.29, 1.82) is 0 Å². The van der Waals surface area contributed by atoms with Gasteiger partial charge in [0.05, 0.1) is 11.9 Å². The molecule has 58 valence electrons. The average molecular weight is 186 g/mol. The minimum Gasteiger partial charge on any atom is -0.291 e. The lowest BCUT2D eigenvalue weighted by atomic mass is 10.3. The van der Waals surface area contributed by atoms with Gasteiger partial charge in [-0.2, -0.15) is 0 Å². The summed E-state index contributed by atoms with van der Waals surface area (Å²) in [4.78, 5) is 18.7. The number of Topliss-reactive ketones (excluding diaryl/α,β-unsaturated/α-hetero) is 1. The van der Waals surface area contributed by atoms with Crippen LogP contribution in [-0.4, -0.2) is 21.5 Å². The van der Waals surface area contributed by atoms with Crippen LogP contribution in [-0.2, 0) is 0 Å². The number of carbonyl (C=O) groups excluding carboxylic acids is 1. The molecule has 1 rings (SSSR count). The summed E-state index contributed by atoms with van der Waals surface area (Å²) in [6.45, 7) is 0. The zero-order chi connectivity index (χ0) is 8.10. The second kappa shape index (κ2) is 4.35. The summed E-state index contributed by atoms with van der Waals surface area (Å²) in [5.41, 5.74) is 0.397. The molecular weight excluding hydrogens is 180 g/mol. The van der Waals surface area contributed by atoms with Crippen molar-refractivity contribution in [3.63, 3.8) is 0 Å². The molecule has 0 amide bonds. The third-order valence-corrected chi connectivity index (χ3v) is 1.82. The van der Waals surface area contributed by atoms with Gasteiger partial charge in [0.15, 0.2) is 5.78 Å². The van der Waals surface area contributed by atoms with E-state index in [0.29, 0.717) is 11.4 Å². The van der Waals surface area contributed by atoms with Crippen molar-refractivity contribution in [3.8, 4) is 0 Å². The lowest BCUT2D eigenvalue weighted by Crippen LogP contribution is -2.03. The predicted octanol–water partition coefficient (Wildman–Crippen LogP) is 1.24. The van der Waals surface area contributed by atoms with Crippen molar-refractivity contribution in [2.75, 3.05) is 5.75 Å². The van der Waals surface area contributed by atoms with Gasteiger partial charge in [-0.25, -0.2) is 4.98 Å². The van der Waals surface area contributed by atoms with E-state index >= 15 is 0 Å². The Hall–Kier alpha value is -0.550. The van der Waals surface area contributed by atoms with Gasteiger partial charge in [-0.1, -0.05) is 10.8 Å². The summed E-state index contributed by atoms with van der Waals surface area (Å²) in [7, 11) is 1.18. The van der Waals surface area contributed by atoms with Crippen LogP contribution < -0.4 is 0 Å². The number of thiol groups is 1. The molecule has 0 bridgehead atoms. The van der Waals surface area contributed by atoms with E-state index in [1.165, 1.54) is 29.4 Å². The van der Waals surface area contributed by atoms with Gasteiger partial charge in [-0.3, -0.25) is 9.78 Å². The maximum absolute atomic E-state index is 11.1. The van der Waals surface area contributed by atoms with E-state index in [9.17, 15) is 4.79 Å². The van der Waals surface area contributed by atoms with E-state index in [1.54, 1.807) is 0 Å². The summed E-state index contributed by atoms with van der Waals surface area (Å²) in [6.07, 6.45) is 4.48. The molecule has 0 saturated carbocycles. The highest BCUT2D eigenvalue weighted by molar-refractivity contribution is 8.68. The lowest BCUT2D eigenvalue weighted by molar-refractivity contribution is 0.101. The lowest BCUT2D eigenvalue weighted by Gasteiger charge is -1.93. The number of rotatable bonds is 3. The van der Waals surface area contributed by atoms with E-state index < -0.39 is 0 Å². The first-order valence-electron chi connectivity index (χ1n) is 2.90. The molecule has 0 spiro atoms. The Morgan fingerprint density at radius 1 is 1.64 bits per heavy atom. The van der Waals surface area contributed by atoms with Gasteiger partial charge >= 0.3 is 0 Å². The monoisotopic (exact) mass is 186 g/mol. The highest BCUT2D eigenvalue weighted by atomic mass is 33.1. The van der Waals surface area contributed by atoms with Crippen LogP contribution in [0.3, 0.4) is 0 Å². The first kappa shape index (κ1) is 8.55. The molecule has 0 fully saturated rings. The Kier molecular flexibility index (Phi) is 3.38. The molecule has 5 heteroatoms. The highest BCUT2D eigenvalue weighted by Crippen LogP contribution is 2.07. The number of nitrogens with zero attached hydrogens (tertiary/aromatic N) is 2. The van der Waals surface area contributed by atoms with E-state index in [1.807, 2.05) is 0 Å². The third-order valence-electron chi connectivity index (χ3n) is 1.04. The average Bonchev–Trinajstić information content (AvgIpc) is 2.07. The number of ketones is 1. The smallest absolute Gasteiger partial charge is 0.193 e. The van der Waals surface area contributed by atoms with E-state index in [4.69, 9.17) is 0 Å². The predicted molar refractivity (Wildman–Crippen MR) is 47.8 cm³/mol. The Labute approximate surface area is 73.4 Å². The number of hydrogen-bond acceptors (Lipinski definition) is 5. The van der Waals surface area contributed by atoms with Crippen LogP contribution in [0.15, 0.2) is 18.6 Å². The molecule has 0 N–H and O–H groups in total. The third kappa shape index (κ3) is 2.51. The molecule has 0 aliphatic rings. The summed E-state index contributed by atoms with van der Waals surface area (Å²) in [6, 6.07) is 0. The quantitative estimate of drug-likeness (QED) is 0.438. The van der Waals surface area contributed by atoms with Crippen molar-refractivity contribution in [2.24, 2.45) is 0 Å². The molecule has 11 heavy (non-hydrogen) atoms. The van der Waals surface area contributed by atoms with Crippen LogP contribution in [0.4, 0.5) is 0 Å².